The Kier molecular flexibility index (Phi) is 6.14. The van der Waals surface area contributed by atoms with Gasteiger partial charge >= 0.3 is 0 Å². The highest BCUT2D eigenvalue weighted by Crippen LogP contribution is 2.54. The molecule has 1 atom stereocenters. The first-order valence-corrected chi connectivity index (χ1v) is 11.7. The topological polar surface area (TPSA) is 33.4 Å². The standard InChI is InChI=1S/C22H28ClN4P/c1-7-28(26(5)6,25-19-14-13-16(2)21(23)15-19)22-17(3)24-27(18(22)4)20-11-9-8-10-12-20/h8-15H,7H2,1-6H3. The Balaban J connectivity index is 2.28. The lowest BCUT2D eigenvalue weighted by molar-refractivity contribution is 0.673. The molecule has 0 aliphatic rings. The Hall–Kier alpha value is -1.87. The van der Waals surface area contributed by atoms with Crippen LogP contribution in [0.1, 0.15) is 23.9 Å². The number of aryl methyl sites for hydroxylation is 2. The van der Waals surface area contributed by atoms with Crippen molar-refractivity contribution in [2.75, 3.05) is 20.3 Å². The van der Waals surface area contributed by atoms with E-state index < -0.39 is 7.21 Å². The van der Waals surface area contributed by atoms with Gasteiger partial charge in [0.2, 0.25) is 0 Å². The molecule has 1 unspecified atom stereocenters. The number of benzene rings is 2. The van der Waals surface area contributed by atoms with Crippen LogP contribution in [-0.2, 0) is 0 Å². The highest BCUT2D eigenvalue weighted by atomic mass is 35.5. The van der Waals surface area contributed by atoms with Crippen LogP contribution in [0.2, 0.25) is 5.02 Å². The van der Waals surface area contributed by atoms with Crippen LogP contribution in [0.5, 0.6) is 0 Å². The molecule has 0 saturated carbocycles. The zero-order valence-electron chi connectivity index (χ0n) is 17.4. The Bertz CT molecular complexity index is 1040. The van der Waals surface area contributed by atoms with Crippen LogP contribution >= 0.6 is 18.8 Å². The fourth-order valence-electron chi connectivity index (χ4n) is 3.66. The maximum Gasteiger partial charge on any atom is 0.0704 e. The van der Waals surface area contributed by atoms with Crippen LogP contribution in [0.4, 0.5) is 5.69 Å². The molecule has 0 bridgehead atoms. The van der Waals surface area contributed by atoms with Gasteiger partial charge in [-0.05, 0) is 70.9 Å². The molecule has 4 nitrogen and oxygen atoms in total. The quantitative estimate of drug-likeness (QED) is 0.472. The van der Waals surface area contributed by atoms with Gasteiger partial charge in [-0.3, -0.25) is 4.67 Å². The third-order valence-electron chi connectivity index (χ3n) is 5.15. The summed E-state index contributed by atoms with van der Waals surface area (Å²) >= 11 is 6.38. The average molecular weight is 415 g/mol. The number of para-hydroxylation sites is 1. The predicted molar refractivity (Wildman–Crippen MR) is 122 cm³/mol. The second-order valence-electron chi connectivity index (χ2n) is 7.19. The fourth-order valence-corrected chi connectivity index (χ4v) is 7.22. The van der Waals surface area contributed by atoms with Gasteiger partial charge in [-0.15, -0.1) is 0 Å². The van der Waals surface area contributed by atoms with E-state index in [4.69, 9.17) is 21.4 Å². The molecule has 28 heavy (non-hydrogen) atoms. The Morgan fingerprint density at radius 1 is 1.07 bits per heavy atom. The average Bonchev–Trinajstić information content (AvgIpc) is 2.98. The summed E-state index contributed by atoms with van der Waals surface area (Å²) in [5.41, 5.74) is 5.24. The third-order valence-corrected chi connectivity index (χ3v) is 9.69. The lowest BCUT2D eigenvalue weighted by Gasteiger charge is -2.31. The van der Waals surface area contributed by atoms with Crippen LogP contribution in [0.3, 0.4) is 0 Å². The number of hydrogen-bond donors (Lipinski definition) is 0. The number of halogens is 1. The predicted octanol–water partition coefficient (Wildman–Crippen LogP) is 6.11. The molecule has 0 aliphatic carbocycles. The van der Waals surface area contributed by atoms with Gasteiger partial charge in [-0.2, -0.15) is 5.10 Å². The first-order valence-electron chi connectivity index (χ1n) is 9.47. The van der Waals surface area contributed by atoms with Gasteiger partial charge in [-0.1, -0.05) is 42.8 Å². The maximum absolute atomic E-state index is 6.38. The van der Waals surface area contributed by atoms with Crippen LogP contribution in [-0.4, -0.2) is 34.7 Å². The maximum atomic E-state index is 6.38. The molecule has 0 spiro atoms. The number of nitrogens with zero attached hydrogens (tertiary/aromatic N) is 4. The molecule has 3 aromatic rings. The molecule has 0 fully saturated rings. The number of hydrogen-bond acceptors (Lipinski definition) is 2. The summed E-state index contributed by atoms with van der Waals surface area (Å²) in [7, 11) is 2.22. The Morgan fingerprint density at radius 3 is 2.32 bits per heavy atom. The van der Waals surface area contributed by atoms with Gasteiger partial charge in [-0.25, -0.2) is 9.43 Å². The van der Waals surface area contributed by atoms with Gasteiger partial charge in [0.05, 0.1) is 35.3 Å². The van der Waals surface area contributed by atoms with Crippen molar-refractivity contribution in [3.63, 3.8) is 0 Å². The molecule has 1 heterocycles. The highest BCUT2D eigenvalue weighted by Gasteiger charge is 2.30. The number of aromatic nitrogens is 2. The van der Waals surface area contributed by atoms with E-state index in [0.29, 0.717) is 0 Å². The normalized spacial score (nSPS) is 13.6. The molecular formula is C22H28ClN4P. The van der Waals surface area contributed by atoms with Crippen molar-refractivity contribution in [3.8, 4) is 5.69 Å². The molecular weight excluding hydrogens is 387 g/mol. The molecule has 0 N–H and O–H groups in total. The molecule has 0 radical (unpaired) electrons. The van der Waals surface area contributed by atoms with Gasteiger partial charge in [0, 0.05) is 5.02 Å². The Labute approximate surface area is 173 Å². The van der Waals surface area contributed by atoms with Gasteiger partial charge in [0.1, 0.15) is 0 Å². The monoisotopic (exact) mass is 414 g/mol. The molecule has 2 aromatic carbocycles. The largest absolute Gasteiger partial charge is 0.272 e. The van der Waals surface area contributed by atoms with Crippen molar-refractivity contribution in [1.82, 2.24) is 14.5 Å². The van der Waals surface area contributed by atoms with E-state index in [-0.39, 0.29) is 0 Å². The molecule has 3 rings (SSSR count). The minimum Gasteiger partial charge on any atom is -0.272 e. The van der Waals surface area contributed by atoms with E-state index in [1.54, 1.807) is 0 Å². The van der Waals surface area contributed by atoms with Crippen molar-refractivity contribution in [2.24, 2.45) is 4.74 Å². The Morgan fingerprint density at radius 2 is 1.75 bits per heavy atom. The van der Waals surface area contributed by atoms with Crippen molar-refractivity contribution in [3.05, 3.63) is 70.5 Å². The van der Waals surface area contributed by atoms with Crippen LogP contribution in [0.25, 0.3) is 5.69 Å². The molecule has 0 aliphatic heterocycles. The molecule has 6 heteroatoms. The first-order chi connectivity index (χ1) is 13.3. The van der Waals surface area contributed by atoms with E-state index in [9.17, 15) is 0 Å². The van der Waals surface area contributed by atoms with E-state index in [2.05, 4.69) is 57.7 Å². The highest BCUT2D eigenvalue weighted by molar-refractivity contribution is 7.71. The van der Waals surface area contributed by atoms with E-state index >= 15 is 0 Å². The van der Waals surface area contributed by atoms with Crippen molar-refractivity contribution in [1.29, 1.82) is 0 Å². The summed E-state index contributed by atoms with van der Waals surface area (Å²) in [5.74, 6) is 0. The number of rotatable bonds is 5. The van der Waals surface area contributed by atoms with Crippen LogP contribution in [0.15, 0.2) is 53.3 Å². The van der Waals surface area contributed by atoms with Crippen molar-refractivity contribution in [2.45, 2.75) is 27.7 Å². The first kappa shape index (κ1) is 20.9. The summed E-state index contributed by atoms with van der Waals surface area (Å²) in [4.78, 5) is 0. The molecule has 148 valence electrons. The lowest BCUT2D eigenvalue weighted by Crippen LogP contribution is -2.23. The molecule has 1 aromatic heterocycles. The van der Waals surface area contributed by atoms with Crippen LogP contribution in [0, 0.1) is 20.8 Å². The second-order valence-corrected chi connectivity index (χ2v) is 11.1. The van der Waals surface area contributed by atoms with Gasteiger partial charge in [0.15, 0.2) is 0 Å². The lowest BCUT2D eigenvalue weighted by atomic mass is 10.2. The summed E-state index contributed by atoms with van der Waals surface area (Å²) in [6.07, 6.45) is 0.924. The zero-order valence-corrected chi connectivity index (χ0v) is 19.1. The summed E-state index contributed by atoms with van der Waals surface area (Å²) in [5, 5.41) is 6.88. The SMILES string of the molecule is CCP(=Nc1ccc(C)c(Cl)c1)(c1c(C)nn(-c2ccccc2)c1C)N(C)C. The van der Waals surface area contributed by atoms with Gasteiger partial charge in [0.25, 0.3) is 0 Å². The minimum atomic E-state index is -2.02. The third kappa shape index (κ3) is 3.69. The molecule has 0 amide bonds. The van der Waals surface area contributed by atoms with Gasteiger partial charge < -0.3 is 0 Å². The van der Waals surface area contributed by atoms with Crippen molar-refractivity contribution >= 4 is 29.8 Å². The molecule has 0 saturated heterocycles. The smallest absolute Gasteiger partial charge is 0.0704 e. The second kappa shape index (κ2) is 8.24. The van der Waals surface area contributed by atoms with E-state index in [1.807, 2.05) is 41.9 Å². The summed E-state index contributed by atoms with van der Waals surface area (Å²) in [6.45, 7) is 8.46. The minimum absolute atomic E-state index is 0.752. The van der Waals surface area contributed by atoms with Crippen molar-refractivity contribution < 1.29 is 0 Å². The fraction of sp³-hybridized carbons (Fsp3) is 0.318. The van der Waals surface area contributed by atoms with E-state index in [0.717, 1.165) is 39.5 Å². The zero-order chi connectivity index (χ0) is 20.5. The van der Waals surface area contributed by atoms with E-state index in [1.165, 1.54) is 5.30 Å². The summed E-state index contributed by atoms with van der Waals surface area (Å²) in [6, 6.07) is 16.3. The van der Waals surface area contributed by atoms with Crippen LogP contribution < -0.4 is 5.30 Å². The summed E-state index contributed by atoms with van der Waals surface area (Å²) < 4.78 is 9.63.